The zero-order chi connectivity index (χ0) is 14.6. The molecule has 2 bridgehead atoms. The molecular weight excluding hydrogens is 269 g/mol. The summed E-state index contributed by atoms with van der Waals surface area (Å²) in [6.45, 7) is 2.58. The fraction of sp³-hybridized carbons (Fsp3) is 0.625. The van der Waals surface area contributed by atoms with E-state index in [0.717, 1.165) is 18.0 Å². The zero-order valence-corrected chi connectivity index (χ0v) is 12.1. The van der Waals surface area contributed by atoms with Gasteiger partial charge in [-0.1, -0.05) is 0 Å². The number of carbonyl (C=O) groups excluding carboxylic acids is 1. The predicted molar refractivity (Wildman–Crippen MR) is 77.4 cm³/mol. The van der Waals surface area contributed by atoms with E-state index in [-0.39, 0.29) is 5.91 Å². The molecule has 3 aliphatic rings. The van der Waals surface area contributed by atoms with E-state index < -0.39 is 5.82 Å². The van der Waals surface area contributed by atoms with Gasteiger partial charge in [0.1, 0.15) is 11.6 Å². The zero-order valence-electron chi connectivity index (χ0n) is 12.1. The van der Waals surface area contributed by atoms with Crippen molar-refractivity contribution in [1.29, 1.82) is 0 Å². The highest BCUT2D eigenvalue weighted by atomic mass is 19.1. The van der Waals surface area contributed by atoms with Crippen LogP contribution in [-0.2, 0) is 0 Å². The van der Waals surface area contributed by atoms with Crippen LogP contribution in [0.15, 0.2) is 12.3 Å². The molecule has 3 aliphatic carbocycles. The molecule has 1 aromatic rings. The third kappa shape index (κ3) is 2.01. The van der Waals surface area contributed by atoms with E-state index in [2.05, 4.69) is 15.6 Å². The van der Waals surface area contributed by atoms with Crippen LogP contribution in [0.4, 0.5) is 10.2 Å². The minimum absolute atomic E-state index is 0.197. The molecule has 4 atom stereocenters. The highest BCUT2D eigenvalue weighted by molar-refractivity contribution is 5.99. The van der Waals surface area contributed by atoms with Crippen LogP contribution in [0, 0.1) is 29.5 Å². The number of hydrogen-bond donors (Lipinski definition) is 2. The fourth-order valence-corrected chi connectivity index (χ4v) is 4.67. The van der Waals surface area contributed by atoms with Gasteiger partial charge in [-0.05, 0) is 55.9 Å². The predicted octanol–water partition coefficient (Wildman–Crippen LogP) is 2.43. The first kappa shape index (κ1) is 13.0. The van der Waals surface area contributed by atoms with E-state index in [1.54, 1.807) is 0 Å². The van der Waals surface area contributed by atoms with Crippen LogP contribution in [0.2, 0.25) is 0 Å². The molecule has 0 aromatic carbocycles. The Kier molecular flexibility index (Phi) is 2.91. The highest BCUT2D eigenvalue weighted by Gasteiger charge is 2.65. The molecule has 0 spiro atoms. The Bertz CT molecular complexity index is 575. The van der Waals surface area contributed by atoms with Crippen LogP contribution in [0.1, 0.15) is 36.5 Å². The molecule has 1 heterocycles. The number of rotatable bonds is 4. The molecule has 4 unspecified atom stereocenters. The number of anilines is 1. The van der Waals surface area contributed by atoms with Gasteiger partial charge in [0.15, 0.2) is 0 Å². The smallest absolute Gasteiger partial charge is 0.255 e. The molecule has 1 aromatic heterocycles. The third-order valence-electron chi connectivity index (χ3n) is 5.48. The normalized spacial score (nSPS) is 35.4. The van der Waals surface area contributed by atoms with Crippen LogP contribution < -0.4 is 10.6 Å². The fourth-order valence-electron chi connectivity index (χ4n) is 4.67. The number of halogens is 1. The quantitative estimate of drug-likeness (QED) is 0.895. The van der Waals surface area contributed by atoms with Gasteiger partial charge in [0.2, 0.25) is 0 Å². The molecule has 21 heavy (non-hydrogen) atoms. The van der Waals surface area contributed by atoms with Crippen molar-refractivity contribution in [3.8, 4) is 0 Å². The second kappa shape index (κ2) is 4.68. The largest absolute Gasteiger partial charge is 0.370 e. The van der Waals surface area contributed by atoms with Gasteiger partial charge in [-0.3, -0.25) is 4.79 Å². The molecule has 3 saturated carbocycles. The molecule has 2 N–H and O–H groups in total. The van der Waals surface area contributed by atoms with Gasteiger partial charge in [0.05, 0.1) is 11.8 Å². The topological polar surface area (TPSA) is 54.0 Å². The number of nitrogens with zero attached hydrogens (tertiary/aromatic N) is 1. The SMILES string of the molecule is CCNc1ncc(F)cc1C(=O)NC1C2C3CCC(C3)C12. The summed E-state index contributed by atoms with van der Waals surface area (Å²) in [4.78, 5) is 16.4. The van der Waals surface area contributed by atoms with Crippen molar-refractivity contribution < 1.29 is 9.18 Å². The lowest BCUT2D eigenvalue weighted by Gasteiger charge is -2.13. The summed E-state index contributed by atoms with van der Waals surface area (Å²) in [5.41, 5.74) is 0.314. The van der Waals surface area contributed by atoms with Gasteiger partial charge in [-0.2, -0.15) is 0 Å². The lowest BCUT2D eigenvalue weighted by Crippen LogP contribution is -2.30. The number of carbonyl (C=O) groups is 1. The summed E-state index contributed by atoms with van der Waals surface area (Å²) >= 11 is 0. The molecule has 3 fully saturated rings. The summed E-state index contributed by atoms with van der Waals surface area (Å²) in [6.07, 6.45) is 5.14. The number of aromatic nitrogens is 1. The van der Waals surface area contributed by atoms with E-state index in [1.807, 2.05) is 6.92 Å². The van der Waals surface area contributed by atoms with Crippen LogP contribution in [-0.4, -0.2) is 23.5 Å². The van der Waals surface area contributed by atoms with Gasteiger partial charge in [0.25, 0.3) is 5.91 Å². The minimum Gasteiger partial charge on any atom is -0.370 e. The molecule has 0 radical (unpaired) electrons. The maximum absolute atomic E-state index is 13.4. The highest BCUT2D eigenvalue weighted by Crippen LogP contribution is 2.65. The van der Waals surface area contributed by atoms with E-state index in [9.17, 15) is 9.18 Å². The van der Waals surface area contributed by atoms with Crippen molar-refractivity contribution in [2.24, 2.45) is 23.7 Å². The van der Waals surface area contributed by atoms with Crippen LogP contribution in [0.25, 0.3) is 0 Å². The summed E-state index contributed by atoms with van der Waals surface area (Å²) < 4.78 is 13.4. The molecule has 112 valence electrons. The first-order valence-corrected chi connectivity index (χ1v) is 7.89. The summed E-state index contributed by atoms with van der Waals surface area (Å²) in [5.74, 6) is 2.77. The standard InChI is InChI=1S/C16H20FN3O/c1-2-18-15-11(6-10(17)7-19-15)16(21)20-14-12-8-3-4-9(5-8)13(12)14/h6-9,12-14H,2-5H2,1H3,(H,18,19)(H,20,21). The average molecular weight is 289 g/mol. The minimum atomic E-state index is -0.474. The van der Waals surface area contributed by atoms with E-state index in [4.69, 9.17) is 0 Å². The first-order chi connectivity index (χ1) is 10.2. The van der Waals surface area contributed by atoms with Gasteiger partial charge < -0.3 is 10.6 Å². The molecule has 5 heteroatoms. The summed E-state index contributed by atoms with van der Waals surface area (Å²) in [6, 6.07) is 1.58. The second-order valence-electron chi connectivity index (χ2n) is 6.57. The Morgan fingerprint density at radius 2 is 2.10 bits per heavy atom. The van der Waals surface area contributed by atoms with Gasteiger partial charge in [-0.15, -0.1) is 0 Å². The van der Waals surface area contributed by atoms with Gasteiger partial charge in [-0.25, -0.2) is 9.37 Å². The number of hydrogen-bond acceptors (Lipinski definition) is 3. The Balaban J connectivity index is 1.50. The maximum Gasteiger partial charge on any atom is 0.255 e. The van der Waals surface area contributed by atoms with Crippen molar-refractivity contribution in [3.05, 3.63) is 23.6 Å². The maximum atomic E-state index is 13.4. The van der Waals surface area contributed by atoms with E-state index in [1.165, 1.54) is 25.3 Å². The average Bonchev–Trinajstić information content (AvgIpc) is 2.86. The Hall–Kier alpha value is -1.65. The summed E-state index contributed by atoms with van der Waals surface area (Å²) in [5, 5.41) is 6.13. The third-order valence-corrected chi connectivity index (χ3v) is 5.48. The van der Waals surface area contributed by atoms with Crippen molar-refractivity contribution in [3.63, 3.8) is 0 Å². The Morgan fingerprint density at radius 3 is 2.76 bits per heavy atom. The number of pyridine rings is 1. The molecule has 1 amide bonds. The van der Waals surface area contributed by atoms with Crippen LogP contribution >= 0.6 is 0 Å². The van der Waals surface area contributed by atoms with Crippen LogP contribution in [0.5, 0.6) is 0 Å². The van der Waals surface area contributed by atoms with Gasteiger partial charge >= 0.3 is 0 Å². The van der Waals surface area contributed by atoms with Crippen molar-refractivity contribution >= 4 is 11.7 Å². The van der Waals surface area contributed by atoms with Crippen molar-refractivity contribution in [1.82, 2.24) is 10.3 Å². The summed E-state index contributed by atoms with van der Waals surface area (Å²) in [7, 11) is 0. The number of nitrogens with one attached hydrogen (secondary N) is 2. The molecular formula is C16H20FN3O. The number of amides is 1. The van der Waals surface area contributed by atoms with Crippen molar-refractivity contribution in [2.75, 3.05) is 11.9 Å². The van der Waals surface area contributed by atoms with Crippen LogP contribution in [0.3, 0.4) is 0 Å². The van der Waals surface area contributed by atoms with Gasteiger partial charge in [0, 0.05) is 12.6 Å². The lowest BCUT2D eigenvalue weighted by molar-refractivity contribution is 0.0944. The number of fused-ring (bicyclic) bond motifs is 5. The first-order valence-electron chi connectivity index (χ1n) is 7.89. The molecule has 4 rings (SSSR count). The Labute approximate surface area is 123 Å². The molecule has 0 saturated heterocycles. The van der Waals surface area contributed by atoms with E-state index >= 15 is 0 Å². The van der Waals surface area contributed by atoms with Crippen molar-refractivity contribution in [2.45, 2.75) is 32.2 Å². The van der Waals surface area contributed by atoms with E-state index in [0.29, 0.717) is 35.8 Å². The molecule has 0 aliphatic heterocycles. The lowest BCUT2D eigenvalue weighted by atomic mass is 10.0. The molecule has 4 nitrogen and oxygen atoms in total. The Morgan fingerprint density at radius 1 is 1.38 bits per heavy atom. The second-order valence-corrected chi connectivity index (χ2v) is 6.57. The monoisotopic (exact) mass is 289 g/mol.